The summed E-state index contributed by atoms with van der Waals surface area (Å²) in [5.74, 6) is 0. The fourth-order valence-corrected chi connectivity index (χ4v) is 3.23. The van der Waals surface area contributed by atoms with Crippen molar-refractivity contribution in [3.05, 3.63) is 41.1 Å². The predicted octanol–water partition coefficient (Wildman–Crippen LogP) is 1.94. The second-order valence-corrected chi connectivity index (χ2v) is 6.48. The van der Waals surface area contributed by atoms with Gasteiger partial charge in [-0.25, -0.2) is 0 Å². The molecule has 0 aliphatic rings. The van der Waals surface area contributed by atoms with Gasteiger partial charge in [-0.15, -0.1) is 0 Å². The van der Waals surface area contributed by atoms with Crippen LogP contribution in [0, 0.1) is 13.8 Å². The van der Waals surface area contributed by atoms with Gasteiger partial charge in [0.25, 0.3) is 10.0 Å². The van der Waals surface area contributed by atoms with Gasteiger partial charge in [0, 0.05) is 12.1 Å². The average molecular weight is 308 g/mol. The molecule has 0 aliphatic carbocycles. The van der Waals surface area contributed by atoms with E-state index >= 15 is 0 Å². The number of nitrogens with zero attached hydrogens (tertiary/aromatic N) is 1. The van der Waals surface area contributed by atoms with Crippen molar-refractivity contribution in [2.24, 2.45) is 0 Å². The molecule has 2 aromatic rings. The monoisotopic (exact) mass is 308 g/mol. The molecule has 0 spiro atoms. The maximum absolute atomic E-state index is 12.5. The van der Waals surface area contributed by atoms with E-state index in [-0.39, 0.29) is 5.03 Å². The third-order valence-corrected chi connectivity index (χ3v) is 4.74. The first-order valence-electron chi connectivity index (χ1n) is 6.77. The highest BCUT2D eigenvalue weighted by atomic mass is 32.2. The molecular weight excluding hydrogens is 288 g/mol. The number of sulfonamides is 1. The van der Waals surface area contributed by atoms with Crippen LogP contribution in [0.5, 0.6) is 0 Å². The van der Waals surface area contributed by atoms with Gasteiger partial charge in [0.15, 0.2) is 5.03 Å². The van der Waals surface area contributed by atoms with Crippen LogP contribution in [0.4, 0.5) is 5.69 Å². The van der Waals surface area contributed by atoms with Crippen molar-refractivity contribution < 1.29 is 8.42 Å². The van der Waals surface area contributed by atoms with Gasteiger partial charge in [0.1, 0.15) is 0 Å². The van der Waals surface area contributed by atoms with Gasteiger partial charge < -0.3 is 5.32 Å². The quantitative estimate of drug-likeness (QED) is 0.761. The van der Waals surface area contributed by atoms with Crippen molar-refractivity contribution in [2.45, 2.75) is 32.3 Å². The molecule has 21 heavy (non-hydrogen) atoms. The summed E-state index contributed by atoms with van der Waals surface area (Å²) in [5, 5.41) is 9.60. The van der Waals surface area contributed by atoms with E-state index in [9.17, 15) is 8.42 Å². The Morgan fingerprint density at radius 3 is 2.76 bits per heavy atom. The zero-order chi connectivity index (χ0) is 15.5. The summed E-state index contributed by atoms with van der Waals surface area (Å²) in [6.45, 7) is 7.01. The number of anilines is 1. The molecule has 0 amide bonds. The fourth-order valence-electron chi connectivity index (χ4n) is 1.97. The Labute approximate surface area is 125 Å². The second-order valence-electron chi connectivity index (χ2n) is 4.86. The lowest BCUT2D eigenvalue weighted by molar-refractivity contribution is 0.594. The molecule has 0 radical (unpaired) electrons. The molecule has 3 N–H and O–H groups in total. The first kappa shape index (κ1) is 15.5. The number of nitrogens with one attached hydrogen (secondary N) is 3. The van der Waals surface area contributed by atoms with Crippen molar-refractivity contribution in [1.29, 1.82) is 0 Å². The summed E-state index contributed by atoms with van der Waals surface area (Å²) in [6, 6.07) is 5.52. The number of H-pyrrole nitrogens is 1. The van der Waals surface area contributed by atoms with E-state index in [1.54, 1.807) is 6.07 Å². The zero-order valence-corrected chi connectivity index (χ0v) is 13.2. The SMILES string of the molecule is CCNCc1cn[nH]c1S(=O)(=O)Nc1cccc(C)c1C. The number of rotatable bonds is 6. The molecule has 114 valence electrons. The number of aromatic nitrogens is 2. The van der Waals surface area contributed by atoms with Crippen LogP contribution in [0.25, 0.3) is 0 Å². The minimum atomic E-state index is -3.68. The van der Waals surface area contributed by atoms with Crippen molar-refractivity contribution in [3.63, 3.8) is 0 Å². The summed E-state index contributed by atoms with van der Waals surface area (Å²) in [6.07, 6.45) is 1.53. The molecule has 0 fully saturated rings. The number of hydrogen-bond donors (Lipinski definition) is 3. The molecule has 2 rings (SSSR count). The molecule has 1 aromatic carbocycles. The van der Waals surface area contributed by atoms with Gasteiger partial charge >= 0.3 is 0 Å². The third-order valence-electron chi connectivity index (χ3n) is 3.36. The molecule has 1 aromatic heterocycles. The van der Waals surface area contributed by atoms with Crippen LogP contribution in [0.15, 0.2) is 29.4 Å². The van der Waals surface area contributed by atoms with Crippen LogP contribution in [0.3, 0.4) is 0 Å². The standard InChI is InChI=1S/C14H20N4O2S/c1-4-15-8-12-9-16-17-14(12)21(19,20)18-13-7-5-6-10(2)11(13)3/h5-7,9,15,18H,4,8H2,1-3H3,(H,16,17). The lowest BCUT2D eigenvalue weighted by atomic mass is 10.1. The third kappa shape index (κ3) is 3.43. The van der Waals surface area contributed by atoms with Gasteiger partial charge in [-0.05, 0) is 37.6 Å². The highest BCUT2D eigenvalue weighted by Gasteiger charge is 2.21. The van der Waals surface area contributed by atoms with E-state index in [2.05, 4.69) is 20.2 Å². The lowest BCUT2D eigenvalue weighted by Gasteiger charge is -2.12. The molecule has 1 heterocycles. The van der Waals surface area contributed by atoms with Gasteiger partial charge in [0.05, 0.1) is 11.9 Å². The van der Waals surface area contributed by atoms with E-state index in [1.807, 2.05) is 32.9 Å². The largest absolute Gasteiger partial charge is 0.313 e. The van der Waals surface area contributed by atoms with E-state index < -0.39 is 10.0 Å². The number of hydrogen-bond acceptors (Lipinski definition) is 4. The lowest BCUT2D eigenvalue weighted by Crippen LogP contribution is -2.19. The van der Waals surface area contributed by atoms with Crippen LogP contribution in [0.1, 0.15) is 23.6 Å². The Hall–Kier alpha value is -1.86. The van der Waals surface area contributed by atoms with Crippen LogP contribution in [0.2, 0.25) is 0 Å². The zero-order valence-electron chi connectivity index (χ0n) is 12.4. The molecular formula is C14H20N4O2S. The summed E-state index contributed by atoms with van der Waals surface area (Å²) in [4.78, 5) is 0. The first-order chi connectivity index (χ1) is 9.95. The summed E-state index contributed by atoms with van der Waals surface area (Å²) in [5.41, 5.74) is 3.15. The minimum Gasteiger partial charge on any atom is -0.313 e. The molecule has 6 nitrogen and oxygen atoms in total. The summed E-state index contributed by atoms with van der Waals surface area (Å²) < 4.78 is 27.6. The van der Waals surface area contributed by atoms with Crippen LogP contribution in [-0.2, 0) is 16.6 Å². The summed E-state index contributed by atoms with van der Waals surface area (Å²) >= 11 is 0. The van der Waals surface area contributed by atoms with Crippen LogP contribution >= 0.6 is 0 Å². The average Bonchev–Trinajstić information content (AvgIpc) is 2.91. The van der Waals surface area contributed by atoms with Gasteiger partial charge in [-0.2, -0.15) is 13.5 Å². The highest BCUT2D eigenvalue weighted by molar-refractivity contribution is 7.92. The molecule has 0 atom stereocenters. The smallest absolute Gasteiger partial charge is 0.279 e. The van der Waals surface area contributed by atoms with Crippen LogP contribution < -0.4 is 10.0 Å². The Morgan fingerprint density at radius 1 is 1.29 bits per heavy atom. The Bertz CT molecular complexity index is 722. The number of benzene rings is 1. The van der Waals surface area contributed by atoms with E-state index in [4.69, 9.17) is 0 Å². The topological polar surface area (TPSA) is 86.9 Å². The Kier molecular flexibility index (Phi) is 4.64. The fraction of sp³-hybridized carbons (Fsp3) is 0.357. The van der Waals surface area contributed by atoms with Crippen molar-refractivity contribution in [2.75, 3.05) is 11.3 Å². The molecule has 0 bridgehead atoms. The van der Waals surface area contributed by atoms with Crippen molar-refractivity contribution >= 4 is 15.7 Å². The Morgan fingerprint density at radius 2 is 2.05 bits per heavy atom. The first-order valence-corrected chi connectivity index (χ1v) is 8.26. The Balaban J connectivity index is 2.30. The molecule has 0 aliphatic heterocycles. The van der Waals surface area contributed by atoms with Gasteiger partial charge in [-0.1, -0.05) is 19.1 Å². The summed E-state index contributed by atoms with van der Waals surface area (Å²) in [7, 11) is -3.68. The van der Waals surface area contributed by atoms with E-state index in [0.717, 1.165) is 17.7 Å². The van der Waals surface area contributed by atoms with E-state index in [1.165, 1.54) is 6.20 Å². The molecule has 0 unspecified atom stereocenters. The van der Waals surface area contributed by atoms with Gasteiger partial charge in [-0.3, -0.25) is 9.82 Å². The predicted molar refractivity (Wildman–Crippen MR) is 82.7 cm³/mol. The normalized spacial score (nSPS) is 11.6. The van der Waals surface area contributed by atoms with Crippen molar-refractivity contribution in [1.82, 2.24) is 15.5 Å². The molecule has 0 saturated carbocycles. The number of aromatic amines is 1. The van der Waals surface area contributed by atoms with Gasteiger partial charge in [0.2, 0.25) is 0 Å². The molecule has 0 saturated heterocycles. The molecule has 7 heteroatoms. The van der Waals surface area contributed by atoms with Crippen LogP contribution in [-0.4, -0.2) is 25.2 Å². The number of aryl methyl sites for hydroxylation is 1. The second kappa shape index (κ2) is 6.28. The van der Waals surface area contributed by atoms with E-state index in [0.29, 0.717) is 17.8 Å². The minimum absolute atomic E-state index is 0.101. The van der Waals surface area contributed by atoms with Crippen molar-refractivity contribution in [3.8, 4) is 0 Å². The maximum atomic E-state index is 12.5. The highest BCUT2D eigenvalue weighted by Crippen LogP contribution is 2.22. The maximum Gasteiger partial charge on any atom is 0.279 e.